The highest BCUT2D eigenvalue weighted by Gasteiger charge is 2.40. The van der Waals surface area contributed by atoms with Gasteiger partial charge >= 0.3 is 0 Å². The predicted molar refractivity (Wildman–Crippen MR) is 76.5 cm³/mol. The van der Waals surface area contributed by atoms with E-state index in [2.05, 4.69) is 6.58 Å². The van der Waals surface area contributed by atoms with E-state index in [4.69, 9.17) is 14.6 Å². The number of rotatable bonds is 11. The molecule has 0 aliphatic carbocycles. The van der Waals surface area contributed by atoms with Crippen LogP contribution in [0.15, 0.2) is 12.7 Å². The average Bonchev–Trinajstić information content (AvgIpc) is 2.82. The quantitative estimate of drug-likeness (QED) is 0.391. The second kappa shape index (κ2) is 10.3. The van der Waals surface area contributed by atoms with Crippen molar-refractivity contribution < 1.29 is 24.8 Å². The highest BCUT2D eigenvalue weighted by Crippen LogP contribution is 2.20. The molecule has 1 fully saturated rings. The molecular formula is C15H28O5. The summed E-state index contributed by atoms with van der Waals surface area (Å²) in [7, 11) is 0. The second-order valence-electron chi connectivity index (χ2n) is 5.29. The number of aliphatic hydroxyl groups is 3. The molecular weight excluding hydrogens is 260 g/mol. The maximum Gasteiger partial charge on any atom is 0.114 e. The van der Waals surface area contributed by atoms with Crippen LogP contribution in [0.2, 0.25) is 0 Å². The predicted octanol–water partition coefficient (Wildman–Crippen LogP) is 1.01. The molecule has 20 heavy (non-hydrogen) atoms. The van der Waals surface area contributed by atoms with Crippen LogP contribution in [0.3, 0.4) is 0 Å². The van der Waals surface area contributed by atoms with E-state index in [-0.39, 0.29) is 6.61 Å². The van der Waals surface area contributed by atoms with Crippen molar-refractivity contribution in [3.63, 3.8) is 0 Å². The minimum atomic E-state index is -1.05. The highest BCUT2D eigenvalue weighted by atomic mass is 16.6. The Morgan fingerprint density at radius 1 is 1.25 bits per heavy atom. The SMILES string of the molecule is C=CCCCCCCCO[C@H]1CO[C@@H]([C@H](O)CO)[C@H]1O. The lowest BCUT2D eigenvalue weighted by atomic mass is 10.1. The van der Waals surface area contributed by atoms with Crippen LogP contribution in [0, 0.1) is 0 Å². The summed E-state index contributed by atoms with van der Waals surface area (Å²) in [5.74, 6) is 0. The number of unbranched alkanes of at least 4 members (excludes halogenated alkanes) is 5. The Morgan fingerprint density at radius 3 is 2.65 bits per heavy atom. The molecule has 4 atom stereocenters. The Balaban J connectivity index is 2.04. The molecule has 0 bridgehead atoms. The summed E-state index contributed by atoms with van der Waals surface area (Å²) < 4.78 is 10.8. The van der Waals surface area contributed by atoms with Gasteiger partial charge in [0, 0.05) is 6.61 Å². The first-order chi connectivity index (χ1) is 9.70. The van der Waals surface area contributed by atoms with Gasteiger partial charge in [-0.2, -0.15) is 0 Å². The van der Waals surface area contributed by atoms with Gasteiger partial charge in [-0.1, -0.05) is 25.3 Å². The summed E-state index contributed by atoms with van der Waals surface area (Å²) in [5.41, 5.74) is 0. The van der Waals surface area contributed by atoms with Gasteiger partial charge in [0.05, 0.1) is 13.2 Å². The van der Waals surface area contributed by atoms with Crippen molar-refractivity contribution in [1.29, 1.82) is 0 Å². The Labute approximate surface area is 121 Å². The van der Waals surface area contributed by atoms with Gasteiger partial charge in [-0.25, -0.2) is 0 Å². The van der Waals surface area contributed by atoms with E-state index in [1.54, 1.807) is 0 Å². The van der Waals surface area contributed by atoms with E-state index in [1.807, 2.05) is 6.08 Å². The molecule has 1 saturated heterocycles. The fourth-order valence-electron chi connectivity index (χ4n) is 2.36. The van der Waals surface area contributed by atoms with E-state index in [0.29, 0.717) is 6.61 Å². The van der Waals surface area contributed by atoms with Crippen molar-refractivity contribution in [3.05, 3.63) is 12.7 Å². The van der Waals surface area contributed by atoms with E-state index >= 15 is 0 Å². The zero-order valence-corrected chi connectivity index (χ0v) is 12.1. The van der Waals surface area contributed by atoms with Crippen molar-refractivity contribution in [2.45, 2.75) is 62.9 Å². The number of hydrogen-bond acceptors (Lipinski definition) is 5. The van der Waals surface area contributed by atoms with Crippen molar-refractivity contribution in [1.82, 2.24) is 0 Å². The Bertz CT molecular complexity index is 259. The summed E-state index contributed by atoms with van der Waals surface area (Å²) >= 11 is 0. The smallest absolute Gasteiger partial charge is 0.114 e. The zero-order valence-electron chi connectivity index (χ0n) is 12.1. The van der Waals surface area contributed by atoms with E-state index in [1.165, 1.54) is 19.3 Å². The van der Waals surface area contributed by atoms with Crippen LogP contribution >= 0.6 is 0 Å². The van der Waals surface area contributed by atoms with Crippen molar-refractivity contribution >= 4 is 0 Å². The van der Waals surface area contributed by atoms with Crippen molar-refractivity contribution in [2.75, 3.05) is 19.8 Å². The van der Waals surface area contributed by atoms with Crippen LogP contribution in [0.1, 0.15) is 38.5 Å². The standard InChI is InChI=1S/C15H28O5/c1-2-3-4-5-6-7-8-9-19-13-11-20-15(14(13)18)12(17)10-16/h2,12-18H,1,3-11H2/t12-,13+,14+,15+/m1/s1. The monoisotopic (exact) mass is 288 g/mol. The topological polar surface area (TPSA) is 79.2 Å². The van der Waals surface area contributed by atoms with Crippen LogP contribution in [0.5, 0.6) is 0 Å². The molecule has 0 radical (unpaired) electrons. The fourth-order valence-corrected chi connectivity index (χ4v) is 2.36. The van der Waals surface area contributed by atoms with E-state index in [0.717, 1.165) is 19.3 Å². The number of allylic oxidation sites excluding steroid dienone is 1. The second-order valence-corrected chi connectivity index (χ2v) is 5.29. The first-order valence-electron chi connectivity index (χ1n) is 7.51. The fraction of sp³-hybridized carbons (Fsp3) is 0.867. The van der Waals surface area contributed by atoms with E-state index in [9.17, 15) is 10.2 Å². The van der Waals surface area contributed by atoms with Crippen LogP contribution in [0.25, 0.3) is 0 Å². The number of hydrogen-bond donors (Lipinski definition) is 3. The summed E-state index contributed by atoms with van der Waals surface area (Å²) in [6.45, 7) is 4.14. The lowest BCUT2D eigenvalue weighted by molar-refractivity contribution is -0.0730. The molecule has 1 aliphatic rings. The molecule has 0 aromatic heterocycles. The average molecular weight is 288 g/mol. The van der Waals surface area contributed by atoms with Crippen LogP contribution < -0.4 is 0 Å². The van der Waals surface area contributed by atoms with Gasteiger partial charge in [0.1, 0.15) is 24.4 Å². The first-order valence-corrected chi connectivity index (χ1v) is 7.51. The molecule has 3 N–H and O–H groups in total. The first kappa shape index (κ1) is 17.6. The Kier molecular flexibility index (Phi) is 9.05. The molecule has 0 saturated carbocycles. The third kappa shape index (κ3) is 5.89. The van der Waals surface area contributed by atoms with Gasteiger partial charge in [0.25, 0.3) is 0 Å². The maximum atomic E-state index is 9.92. The normalized spacial score (nSPS) is 27.6. The van der Waals surface area contributed by atoms with Crippen LogP contribution in [-0.2, 0) is 9.47 Å². The zero-order chi connectivity index (χ0) is 14.8. The third-order valence-electron chi connectivity index (χ3n) is 3.62. The minimum Gasteiger partial charge on any atom is -0.394 e. The molecule has 5 heteroatoms. The molecule has 5 nitrogen and oxygen atoms in total. The van der Waals surface area contributed by atoms with Gasteiger partial charge in [-0.15, -0.1) is 6.58 Å². The molecule has 1 rings (SSSR count). The summed E-state index contributed by atoms with van der Waals surface area (Å²) in [5, 5.41) is 28.2. The molecule has 0 spiro atoms. The largest absolute Gasteiger partial charge is 0.394 e. The number of ether oxygens (including phenoxy) is 2. The van der Waals surface area contributed by atoms with Gasteiger partial charge in [0.15, 0.2) is 0 Å². The molecule has 118 valence electrons. The Hall–Kier alpha value is -0.460. The van der Waals surface area contributed by atoms with E-state index < -0.39 is 31.0 Å². The van der Waals surface area contributed by atoms with Gasteiger partial charge < -0.3 is 24.8 Å². The molecule has 0 aromatic carbocycles. The summed E-state index contributed by atoms with van der Waals surface area (Å²) in [6.07, 6.45) is 5.63. The van der Waals surface area contributed by atoms with Gasteiger partial charge in [-0.05, 0) is 19.3 Å². The molecule has 0 amide bonds. The summed E-state index contributed by atoms with van der Waals surface area (Å²) in [6, 6.07) is 0. The number of aliphatic hydroxyl groups excluding tert-OH is 3. The minimum absolute atomic E-state index is 0.266. The van der Waals surface area contributed by atoms with Crippen molar-refractivity contribution in [2.24, 2.45) is 0 Å². The van der Waals surface area contributed by atoms with Crippen LogP contribution in [0.4, 0.5) is 0 Å². The molecule has 1 heterocycles. The third-order valence-corrected chi connectivity index (χ3v) is 3.62. The summed E-state index contributed by atoms with van der Waals surface area (Å²) in [4.78, 5) is 0. The van der Waals surface area contributed by atoms with Gasteiger partial charge in [0.2, 0.25) is 0 Å². The molecule has 0 aromatic rings. The molecule has 1 aliphatic heterocycles. The van der Waals surface area contributed by atoms with Crippen LogP contribution in [-0.4, -0.2) is 59.6 Å². The molecule has 0 unspecified atom stereocenters. The van der Waals surface area contributed by atoms with Crippen molar-refractivity contribution in [3.8, 4) is 0 Å². The lowest BCUT2D eigenvalue weighted by Gasteiger charge is -2.20. The van der Waals surface area contributed by atoms with Gasteiger partial charge in [-0.3, -0.25) is 0 Å². The Morgan fingerprint density at radius 2 is 1.95 bits per heavy atom. The highest BCUT2D eigenvalue weighted by molar-refractivity contribution is 4.88. The lowest BCUT2D eigenvalue weighted by Crippen LogP contribution is -2.41. The maximum absolute atomic E-state index is 9.92.